The zero-order valence-corrected chi connectivity index (χ0v) is 11.3. The average Bonchev–Trinajstić information content (AvgIpc) is 2.97. The number of carbonyl (C=O) groups excluding carboxylic acids is 1. The molecule has 3 heteroatoms. The van der Waals surface area contributed by atoms with Gasteiger partial charge in [-0.05, 0) is 23.8 Å². The van der Waals surface area contributed by atoms with Crippen molar-refractivity contribution in [3.8, 4) is 0 Å². The van der Waals surface area contributed by atoms with Crippen LogP contribution >= 0.6 is 0 Å². The summed E-state index contributed by atoms with van der Waals surface area (Å²) in [5.74, 6) is 0.973. The summed E-state index contributed by atoms with van der Waals surface area (Å²) in [6, 6.07) is 14.1. The highest BCUT2D eigenvalue weighted by molar-refractivity contribution is 6.00. The van der Waals surface area contributed by atoms with Gasteiger partial charge in [0.2, 0.25) is 0 Å². The fraction of sp³-hybridized carbons (Fsp3) is 0.235. The molecule has 0 N–H and O–H groups in total. The van der Waals surface area contributed by atoms with Crippen molar-refractivity contribution in [2.75, 3.05) is 13.1 Å². The minimum atomic E-state index is 0.228. The third-order valence-electron chi connectivity index (χ3n) is 3.52. The lowest BCUT2D eigenvalue weighted by atomic mass is 10.0. The maximum atomic E-state index is 12.0. The summed E-state index contributed by atoms with van der Waals surface area (Å²) in [6.45, 7) is 2.39. The van der Waals surface area contributed by atoms with Gasteiger partial charge >= 0.3 is 0 Å². The molecule has 0 amide bonds. The Balaban J connectivity index is 1.72. The summed E-state index contributed by atoms with van der Waals surface area (Å²) in [6.07, 6.45) is 4.07. The van der Waals surface area contributed by atoms with E-state index < -0.39 is 0 Å². The predicted octanol–water partition coefficient (Wildman–Crippen LogP) is 3.14. The Morgan fingerprint density at radius 2 is 2.00 bits per heavy atom. The summed E-state index contributed by atoms with van der Waals surface area (Å²) in [5, 5.41) is 0. The van der Waals surface area contributed by atoms with Gasteiger partial charge in [-0.15, -0.1) is 0 Å². The largest absolute Gasteiger partial charge is 0.465 e. The Labute approximate surface area is 118 Å². The van der Waals surface area contributed by atoms with Gasteiger partial charge in [0.1, 0.15) is 5.76 Å². The lowest BCUT2D eigenvalue weighted by Crippen LogP contribution is -2.35. The van der Waals surface area contributed by atoms with Crippen molar-refractivity contribution in [1.82, 2.24) is 4.90 Å². The Morgan fingerprint density at radius 3 is 2.75 bits per heavy atom. The van der Waals surface area contributed by atoms with Crippen LogP contribution in [0.15, 0.2) is 58.7 Å². The summed E-state index contributed by atoms with van der Waals surface area (Å²) >= 11 is 0. The molecule has 0 atom stereocenters. The molecule has 3 nitrogen and oxygen atoms in total. The summed E-state index contributed by atoms with van der Waals surface area (Å²) in [5.41, 5.74) is 2.11. The number of likely N-dealkylation sites (tertiary alicyclic amines) is 1. The third kappa shape index (κ3) is 3.06. The van der Waals surface area contributed by atoms with Gasteiger partial charge in [0.05, 0.1) is 6.26 Å². The molecule has 1 fully saturated rings. The summed E-state index contributed by atoms with van der Waals surface area (Å²) in [7, 11) is 0. The van der Waals surface area contributed by atoms with Crippen LogP contribution in [-0.2, 0) is 11.3 Å². The first-order valence-electron chi connectivity index (χ1n) is 6.85. The van der Waals surface area contributed by atoms with Gasteiger partial charge in [-0.25, -0.2) is 0 Å². The van der Waals surface area contributed by atoms with Gasteiger partial charge in [0.15, 0.2) is 5.78 Å². The van der Waals surface area contributed by atoms with Crippen molar-refractivity contribution in [2.24, 2.45) is 0 Å². The first-order chi connectivity index (χ1) is 9.81. The van der Waals surface area contributed by atoms with Crippen LogP contribution in [0.3, 0.4) is 0 Å². The number of furan rings is 1. The monoisotopic (exact) mass is 267 g/mol. The van der Waals surface area contributed by atoms with E-state index in [1.54, 1.807) is 6.26 Å². The molecule has 0 unspecified atom stereocenters. The van der Waals surface area contributed by atoms with E-state index in [4.69, 9.17) is 4.42 Å². The van der Waals surface area contributed by atoms with Gasteiger partial charge in [-0.1, -0.05) is 30.3 Å². The second-order valence-corrected chi connectivity index (χ2v) is 5.05. The number of carbonyl (C=O) groups is 1. The molecule has 0 spiro atoms. The van der Waals surface area contributed by atoms with Crippen molar-refractivity contribution >= 4 is 11.9 Å². The predicted molar refractivity (Wildman–Crippen MR) is 78.0 cm³/mol. The topological polar surface area (TPSA) is 33.5 Å². The molecule has 102 valence electrons. The van der Waals surface area contributed by atoms with E-state index in [1.807, 2.05) is 36.4 Å². The van der Waals surface area contributed by atoms with Crippen LogP contribution in [0.2, 0.25) is 0 Å². The van der Waals surface area contributed by atoms with Crippen molar-refractivity contribution in [2.45, 2.75) is 13.0 Å². The Hall–Kier alpha value is -2.13. The first-order valence-corrected chi connectivity index (χ1v) is 6.85. The molecule has 1 aliphatic rings. The molecule has 1 aliphatic heterocycles. The highest BCUT2D eigenvalue weighted by Gasteiger charge is 2.21. The number of benzene rings is 1. The maximum absolute atomic E-state index is 12.0. The molecule has 0 bridgehead atoms. The number of hydrogen-bond acceptors (Lipinski definition) is 3. The Bertz CT molecular complexity index is 599. The summed E-state index contributed by atoms with van der Waals surface area (Å²) in [4.78, 5) is 14.3. The van der Waals surface area contributed by atoms with Crippen molar-refractivity contribution in [1.29, 1.82) is 0 Å². The van der Waals surface area contributed by atoms with Crippen LogP contribution in [-0.4, -0.2) is 23.8 Å². The quantitative estimate of drug-likeness (QED) is 0.801. The van der Waals surface area contributed by atoms with E-state index in [-0.39, 0.29) is 5.78 Å². The van der Waals surface area contributed by atoms with E-state index in [2.05, 4.69) is 17.0 Å². The molecule has 1 aromatic carbocycles. The highest BCUT2D eigenvalue weighted by atomic mass is 16.3. The molecule has 0 radical (unpaired) electrons. The molecule has 2 heterocycles. The fourth-order valence-electron chi connectivity index (χ4n) is 2.48. The van der Waals surface area contributed by atoms with Gasteiger partial charge in [0, 0.05) is 31.6 Å². The number of ketones is 1. The molecule has 2 aromatic rings. The van der Waals surface area contributed by atoms with E-state index in [9.17, 15) is 4.79 Å². The van der Waals surface area contributed by atoms with Gasteiger partial charge in [-0.2, -0.15) is 0 Å². The SMILES string of the molecule is O=C1CCN(Cc2ccccc2)C/C1=C\c1ccco1. The second kappa shape index (κ2) is 5.88. The maximum Gasteiger partial charge on any atom is 0.161 e. The number of rotatable bonds is 3. The normalized spacial score (nSPS) is 18.6. The highest BCUT2D eigenvalue weighted by Crippen LogP contribution is 2.18. The van der Waals surface area contributed by atoms with E-state index >= 15 is 0 Å². The number of Topliss-reactive ketones (excluding diaryl/α,β-unsaturated/α-hetero) is 1. The zero-order chi connectivity index (χ0) is 13.8. The molecule has 0 saturated carbocycles. The fourth-order valence-corrected chi connectivity index (χ4v) is 2.48. The number of piperidine rings is 1. The van der Waals surface area contributed by atoms with Crippen LogP contribution in [0.5, 0.6) is 0 Å². The van der Waals surface area contributed by atoms with Crippen LogP contribution in [0.25, 0.3) is 6.08 Å². The molecule has 1 saturated heterocycles. The minimum Gasteiger partial charge on any atom is -0.465 e. The summed E-state index contributed by atoms with van der Waals surface area (Å²) < 4.78 is 5.29. The second-order valence-electron chi connectivity index (χ2n) is 5.05. The molecule has 0 aliphatic carbocycles. The molecular formula is C17H17NO2. The van der Waals surface area contributed by atoms with Crippen LogP contribution in [0.1, 0.15) is 17.7 Å². The number of hydrogen-bond donors (Lipinski definition) is 0. The minimum absolute atomic E-state index is 0.228. The van der Waals surface area contributed by atoms with Gasteiger partial charge < -0.3 is 4.42 Å². The lowest BCUT2D eigenvalue weighted by Gasteiger charge is -2.27. The molecule has 20 heavy (non-hydrogen) atoms. The van der Waals surface area contributed by atoms with Crippen LogP contribution in [0.4, 0.5) is 0 Å². The Morgan fingerprint density at radius 1 is 1.15 bits per heavy atom. The lowest BCUT2D eigenvalue weighted by molar-refractivity contribution is -0.117. The Kier molecular flexibility index (Phi) is 3.79. The third-order valence-corrected chi connectivity index (χ3v) is 3.52. The smallest absolute Gasteiger partial charge is 0.161 e. The molecule has 1 aromatic heterocycles. The van der Waals surface area contributed by atoms with Crippen molar-refractivity contribution in [3.05, 3.63) is 65.6 Å². The van der Waals surface area contributed by atoms with Crippen LogP contribution < -0.4 is 0 Å². The number of nitrogens with zero attached hydrogens (tertiary/aromatic N) is 1. The molecule has 3 rings (SSSR count). The van der Waals surface area contributed by atoms with E-state index in [1.165, 1.54) is 5.56 Å². The zero-order valence-electron chi connectivity index (χ0n) is 11.3. The molecular weight excluding hydrogens is 250 g/mol. The van der Waals surface area contributed by atoms with Crippen molar-refractivity contribution in [3.63, 3.8) is 0 Å². The first kappa shape index (κ1) is 12.9. The van der Waals surface area contributed by atoms with Gasteiger partial charge in [0.25, 0.3) is 0 Å². The van der Waals surface area contributed by atoms with E-state index in [0.717, 1.165) is 24.4 Å². The standard InChI is InChI=1S/C17H17NO2/c19-17-8-9-18(12-14-5-2-1-3-6-14)13-15(17)11-16-7-4-10-20-16/h1-7,10-11H,8-9,12-13H2/b15-11+. The van der Waals surface area contributed by atoms with Crippen LogP contribution in [0, 0.1) is 0 Å². The average molecular weight is 267 g/mol. The van der Waals surface area contributed by atoms with E-state index in [0.29, 0.717) is 13.0 Å². The van der Waals surface area contributed by atoms with Crippen molar-refractivity contribution < 1.29 is 9.21 Å². The van der Waals surface area contributed by atoms with Gasteiger partial charge in [-0.3, -0.25) is 9.69 Å².